The molecular formula is C15H20O7. The van der Waals surface area contributed by atoms with Gasteiger partial charge < -0.3 is 29.5 Å². The van der Waals surface area contributed by atoms with Gasteiger partial charge in [-0.15, -0.1) is 0 Å². The van der Waals surface area contributed by atoms with Crippen LogP contribution in [0.15, 0.2) is 36.9 Å². The standard InChI is InChI=1S/C6H10O3.C6H6O2.C3H4O2/c1(5-3-8-5)7-2-6-4-9-6;7-5-2-1-3-6(8)4-5;1-2-3(4)5/h5-6H,1-4H2;1-4,7-8H;2H,1H2,(H,4,5). The first-order valence-electron chi connectivity index (χ1n) is 6.65. The smallest absolute Gasteiger partial charge is 0.327 e. The molecule has 122 valence electrons. The molecule has 0 saturated carbocycles. The monoisotopic (exact) mass is 312 g/mol. The summed E-state index contributed by atoms with van der Waals surface area (Å²) in [4.78, 5) is 9.25. The summed E-state index contributed by atoms with van der Waals surface area (Å²) >= 11 is 0. The van der Waals surface area contributed by atoms with Crippen LogP contribution in [0.25, 0.3) is 0 Å². The van der Waals surface area contributed by atoms with Crippen molar-refractivity contribution in [1.29, 1.82) is 0 Å². The maximum absolute atomic E-state index is 9.25. The van der Waals surface area contributed by atoms with Crippen LogP contribution in [0.5, 0.6) is 11.5 Å². The average molecular weight is 312 g/mol. The van der Waals surface area contributed by atoms with Crippen molar-refractivity contribution < 1.29 is 34.3 Å². The van der Waals surface area contributed by atoms with E-state index in [0.29, 0.717) is 12.2 Å². The van der Waals surface area contributed by atoms with Crippen molar-refractivity contribution in [3.63, 3.8) is 0 Å². The summed E-state index contributed by atoms with van der Waals surface area (Å²) < 4.78 is 15.1. The molecule has 2 saturated heterocycles. The number of rotatable bonds is 5. The molecule has 7 heteroatoms. The van der Waals surface area contributed by atoms with E-state index in [-0.39, 0.29) is 11.5 Å². The number of epoxide rings is 2. The molecule has 0 radical (unpaired) electrons. The van der Waals surface area contributed by atoms with Gasteiger partial charge in [0.2, 0.25) is 0 Å². The number of carboxylic acid groups (broad SMARTS) is 1. The number of carboxylic acids is 1. The van der Waals surface area contributed by atoms with Crippen LogP contribution in [-0.4, -0.2) is 59.9 Å². The van der Waals surface area contributed by atoms with E-state index in [2.05, 4.69) is 6.58 Å². The first-order valence-corrected chi connectivity index (χ1v) is 6.65. The van der Waals surface area contributed by atoms with Crippen molar-refractivity contribution in [2.45, 2.75) is 12.2 Å². The minimum absolute atomic E-state index is 0.0880. The van der Waals surface area contributed by atoms with Gasteiger partial charge in [-0.25, -0.2) is 4.79 Å². The molecule has 2 atom stereocenters. The highest BCUT2D eigenvalue weighted by molar-refractivity contribution is 5.78. The summed E-state index contributed by atoms with van der Waals surface area (Å²) in [7, 11) is 0. The molecule has 2 unspecified atom stereocenters. The van der Waals surface area contributed by atoms with Crippen LogP contribution < -0.4 is 0 Å². The first-order chi connectivity index (χ1) is 10.5. The summed E-state index contributed by atoms with van der Waals surface area (Å²) in [6, 6.07) is 5.85. The number of phenols is 2. The first kappa shape index (κ1) is 18.0. The number of aromatic hydroxyl groups is 2. The lowest BCUT2D eigenvalue weighted by Gasteiger charge is -1.95. The maximum atomic E-state index is 9.25. The molecule has 2 fully saturated rings. The van der Waals surface area contributed by atoms with Gasteiger partial charge in [-0.2, -0.15) is 0 Å². The number of carbonyl (C=O) groups is 1. The lowest BCUT2D eigenvalue weighted by molar-refractivity contribution is -0.131. The molecule has 2 aliphatic rings. The molecule has 0 aromatic heterocycles. The second-order valence-electron chi connectivity index (χ2n) is 4.51. The van der Waals surface area contributed by atoms with Gasteiger partial charge >= 0.3 is 5.97 Å². The number of benzene rings is 1. The molecule has 0 amide bonds. The van der Waals surface area contributed by atoms with Crippen LogP contribution in [0.1, 0.15) is 0 Å². The van der Waals surface area contributed by atoms with Crippen molar-refractivity contribution in [3.05, 3.63) is 36.9 Å². The summed E-state index contributed by atoms with van der Waals surface area (Å²) in [5.41, 5.74) is 0. The van der Waals surface area contributed by atoms with Crippen LogP contribution >= 0.6 is 0 Å². The fraction of sp³-hybridized carbons (Fsp3) is 0.400. The van der Waals surface area contributed by atoms with Gasteiger partial charge in [0.1, 0.15) is 23.7 Å². The van der Waals surface area contributed by atoms with Crippen molar-refractivity contribution in [3.8, 4) is 11.5 Å². The van der Waals surface area contributed by atoms with Gasteiger partial charge in [0.05, 0.1) is 26.4 Å². The third-order valence-corrected chi connectivity index (χ3v) is 2.42. The highest BCUT2D eigenvalue weighted by Gasteiger charge is 2.26. The molecule has 0 bridgehead atoms. The van der Waals surface area contributed by atoms with Gasteiger partial charge in [0.25, 0.3) is 0 Å². The second kappa shape index (κ2) is 9.78. The van der Waals surface area contributed by atoms with Crippen molar-refractivity contribution >= 4 is 5.97 Å². The predicted octanol–water partition coefficient (Wildman–Crippen LogP) is 1.16. The van der Waals surface area contributed by atoms with Gasteiger partial charge in [-0.05, 0) is 12.1 Å². The predicted molar refractivity (Wildman–Crippen MR) is 77.9 cm³/mol. The largest absolute Gasteiger partial charge is 0.508 e. The van der Waals surface area contributed by atoms with E-state index in [1.807, 2.05) is 0 Å². The normalized spacial score (nSPS) is 20.5. The van der Waals surface area contributed by atoms with Gasteiger partial charge in [-0.1, -0.05) is 12.6 Å². The van der Waals surface area contributed by atoms with E-state index in [9.17, 15) is 4.79 Å². The molecule has 1 aromatic rings. The number of hydrogen-bond acceptors (Lipinski definition) is 6. The summed E-state index contributed by atoms with van der Waals surface area (Å²) in [6.07, 6.45) is 1.62. The molecule has 3 rings (SSSR count). The Balaban J connectivity index is 0.000000173. The number of hydrogen-bond donors (Lipinski definition) is 3. The van der Waals surface area contributed by atoms with Crippen LogP contribution in [0.2, 0.25) is 0 Å². The SMILES string of the molecule is C(OCC1CO1)C1CO1.C=CC(=O)O.Oc1cccc(O)c1. The highest BCUT2D eigenvalue weighted by atomic mass is 16.6. The topological polar surface area (TPSA) is 112 Å². The van der Waals surface area contributed by atoms with E-state index >= 15 is 0 Å². The third kappa shape index (κ3) is 10.7. The lowest BCUT2D eigenvalue weighted by Crippen LogP contribution is -2.06. The Kier molecular flexibility index (Phi) is 7.98. The third-order valence-electron chi connectivity index (χ3n) is 2.42. The summed E-state index contributed by atoms with van der Waals surface area (Å²) in [5.74, 6) is -0.806. The van der Waals surface area contributed by atoms with Crippen LogP contribution in [0, 0.1) is 0 Å². The molecular weight excluding hydrogens is 292 g/mol. The molecule has 0 aliphatic carbocycles. The van der Waals surface area contributed by atoms with Gasteiger partial charge in [0, 0.05) is 12.1 Å². The maximum Gasteiger partial charge on any atom is 0.327 e. The fourth-order valence-corrected chi connectivity index (χ4v) is 1.15. The Bertz CT molecular complexity index is 437. The minimum Gasteiger partial charge on any atom is -0.508 e. The van der Waals surface area contributed by atoms with Crippen molar-refractivity contribution in [2.24, 2.45) is 0 Å². The quantitative estimate of drug-likeness (QED) is 0.552. The van der Waals surface area contributed by atoms with E-state index < -0.39 is 5.97 Å². The zero-order valence-corrected chi connectivity index (χ0v) is 12.1. The Labute approximate surface area is 128 Å². The second-order valence-corrected chi connectivity index (χ2v) is 4.51. The molecule has 1 aromatic carbocycles. The zero-order chi connectivity index (χ0) is 16.4. The molecule has 0 spiro atoms. The van der Waals surface area contributed by atoms with E-state index in [0.717, 1.165) is 32.5 Å². The van der Waals surface area contributed by atoms with E-state index in [1.54, 1.807) is 6.07 Å². The Morgan fingerprint density at radius 1 is 1.23 bits per heavy atom. The fourth-order valence-electron chi connectivity index (χ4n) is 1.15. The van der Waals surface area contributed by atoms with Crippen LogP contribution in [0.4, 0.5) is 0 Å². The Morgan fingerprint density at radius 3 is 1.86 bits per heavy atom. The Morgan fingerprint density at radius 2 is 1.64 bits per heavy atom. The number of ether oxygens (including phenoxy) is 3. The van der Waals surface area contributed by atoms with E-state index in [1.165, 1.54) is 18.2 Å². The summed E-state index contributed by atoms with van der Waals surface area (Å²) in [5, 5.41) is 24.9. The molecule has 2 heterocycles. The van der Waals surface area contributed by atoms with Gasteiger partial charge in [-0.3, -0.25) is 0 Å². The number of phenolic OH excluding ortho intramolecular Hbond substituents is 2. The van der Waals surface area contributed by atoms with Gasteiger partial charge in [0.15, 0.2) is 0 Å². The van der Waals surface area contributed by atoms with Crippen LogP contribution in [-0.2, 0) is 19.0 Å². The Hall–Kier alpha value is -2.09. The van der Waals surface area contributed by atoms with Crippen LogP contribution in [0.3, 0.4) is 0 Å². The lowest BCUT2D eigenvalue weighted by atomic mass is 10.3. The molecule has 7 nitrogen and oxygen atoms in total. The molecule has 22 heavy (non-hydrogen) atoms. The molecule has 3 N–H and O–H groups in total. The minimum atomic E-state index is -0.981. The molecule has 2 aliphatic heterocycles. The summed E-state index contributed by atoms with van der Waals surface area (Å²) in [6.45, 7) is 6.22. The van der Waals surface area contributed by atoms with Crippen molar-refractivity contribution in [1.82, 2.24) is 0 Å². The highest BCUT2D eigenvalue weighted by Crippen LogP contribution is 2.15. The average Bonchev–Trinajstić information content (AvgIpc) is 3.35. The van der Waals surface area contributed by atoms with Crippen molar-refractivity contribution in [2.75, 3.05) is 26.4 Å². The number of aliphatic carboxylic acids is 1. The zero-order valence-electron chi connectivity index (χ0n) is 12.1. The van der Waals surface area contributed by atoms with E-state index in [4.69, 9.17) is 29.5 Å².